The van der Waals surface area contributed by atoms with Crippen LogP contribution >= 0.6 is 0 Å². The molecule has 0 saturated carbocycles. The maximum Gasteiger partial charge on any atom is 0.252 e. The SMILES string of the molecule is NCC1CCC(C(=O)N2CC(O)CC2C(N)=O)O1. The molecule has 2 aliphatic rings. The molecule has 0 aliphatic carbocycles. The topological polar surface area (TPSA) is 119 Å². The molecule has 0 aromatic rings. The van der Waals surface area contributed by atoms with Crippen LogP contribution in [0, 0.1) is 0 Å². The summed E-state index contributed by atoms with van der Waals surface area (Å²) in [5.74, 6) is -0.862. The van der Waals surface area contributed by atoms with Gasteiger partial charge in [-0.15, -0.1) is 0 Å². The molecule has 2 fully saturated rings. The Labute approximate surface area is 105 Å². The van der Waals surface area contributed by atoms with E-state index in [0.717, 1.165) is 6.42 Å². The molecule has 4 unspecified atom stereocenters. The molecular formula is C11H19N3O4. The Morgan fingerprint density at radius 1 is 1.39 bits per heavy atom. The molecule has 7 nitrogen and oxygen atoms in total. The van der Waals surface area contributed by atoms with Gasteiger partial charge in [-0.1, -0.05) is 0 Å². The molecule has 0 spiro atoms. The number of β-amino-alcohol motifs (C(OH)–C–C–N with tert-alkyl or cyclic N) is 1. The molecule has 5 N–H and O–H groups in total. The summed E-state index contributed by atoms with van der Waals surface area (Å²) in [6.45, 7) is 0.519. The van der Waals surface area contributed by atoms with E-state index in [-0.39, 0.29) is 25.0 Å². The highest BCUT2D eigenvalue weighted by Gasteiger charge is 2.42. The monoisotopic (exact) mass is 257 g/mol. The summed E-state index contributed by atoms with van der Waals surface area (Å²) in [5.41, 5.74) is 10.7. The molecular weight excluding hydrogens is 238 g/mol. The molecule has 0 aromatic heterocycles. The van der Waals surface area contributed by atoms with E-state index in [1.165, 1.54) is 4.90 Å². The molecule has 2 aliphatic heterocycles. The second-order valence-corrected chi connectivity index (χ2v) is 4.86. The summed E-state index contributed by atoms with van der Waals surface area (Å²) in [6.07, 6.45) is 0.180. The third-order valence-electron chi connectivity index (χ3n) is 3.54. The fraction of sp³-hybridized carbons (Fsp3) is 0.818. The predicted octanol–water partition coefficient (Wildman–Crippen LogP) is -2.06. The van der Waals surface area contributed by atoms with Gasteiger partial charge in [0.2, 0.25) is 5.91 Å². The number of hydrogen-bond acceptors (Lipinski definition) is 5. The maximum absolute atomic E-state index is 12.2. The van der Waals surface area contributed by atoms with Gasteiger partial charge in [-0.25, -0.2) is 0 Å². The Morgan fingerprint density at radius 2 is 2.11 bits per heavy atom. The van der Waals surface area contributed by atoms with Gasteiger partial charge in [0.1, 0.15) is 12.1 Å². The first-order valence-electron chi connectivity index (χ1n) is 6.16. The van der Waals surface area contributed by atoms with Crippen molar-refractivity contribution in [3.8, 4) is 0 Å². The van der Waals surface area contributed by atoms with Crippen molar-refractivity contribution in [1.29, 1.82) is 0 Å². The van der Waals surface area contributed by atoms with Crippen LogP contribution in [0.1, 0.15) is 19.3 Å². The van der Waals surface area contributed by atoms with Gasteiger partial charge in [0, 0.05) is 19.5 Å². The summed E-state index contributed by atoms with van der Waals surface area (Å²) in [6, 6.07) is -0.729. The Balaban J connectivity index is 2.02. The number of primary amides is 1. The minimum Gasteiger partial charge on any atom is -0.391 e. The van der Waals surface area contributed by atoms with E-state index in [1.807, 2.05) is 0 Å². The minimum absolute atomic E-state index is 0.0986. The number of nitrogens with zero attached hydrogens (tertiary/aromatic N) is 1. The van der Waals surface area contributed by atoms with Crippen molar-refractivity contribution in [2.24, 2.45) is 11.5 Å². The zero-order valence-electron chi connectivity index (χ0n) is 10.1. The minimum atomic E-state index is -0.729. The van der Waals surface area contributed by atoms with Gasteiger partial charge in [0.05, 0.1) is 12.2 Å². The normalized spacial score (nSPS) is 36.0. The van der Waals surface area contributed by atoms with Crippen LogP contribution in [-0.4, -0.2) is 59.3 Å². The van der Waals surface area contributed by atoms with E-state index in [9.17, 15) is 14.7 Å². The van der Waals surface area contributed by atoms with E-state index in [0.29, 0.717) is 13.0 Å². The highest BCUT2D eigenvalue weighted by atomic mass is 16.5. The fourth-order valence-corrected chi connectivity index (χ4v) is 2.57. The number of nitrogens with two attached hydrogens (primary N) is 2. The molecule has 18 heavy (non-hydrogen) atoms. The zero-order valence-corrected chi connectivity index (χ0v) is 10.1. The average Bonchev–Trinajstić information content (AvgIpc) is 2.94. The lowest BCUT2D eigenvalue weighted by atomic mass is 10.1. The largest absolute Gasteiger partial charge is 0.391 e. The highest BCUT2D eigenvalue weighted by Crippen LogP contribution is 2.25. The molecule has 2 amide bonds. The summed E-state index contributed by atoms with van der Waals surface area (Å²) in [5, 5.41) is 9.55. The van der Waals surface area contributed by atoms with Crippen molar-refractivity contribution in [3.63, 3.8) is 0 Å². The van der Waals surface area contributed by atoms with Crippen molar-refractivity contribution in [3.05, 3.63) is 0 Å². The Bertz CT molecular complexity index is 349. The smallest absolute Gasteiger partial charge is 0.252 e. The zero-order chi connectivity index (χ0) is 13.3. The summed E-state index contributed by atoms with van der Waals surface area (Å²) >= 11 is 0. The first-order valence-corrected chi connectivity index (χ1v) is 6.16. The maximum atomic E-state index is 12.2. The molecule has 102 valence electrons. The van der Waals surface area contributed by atoms with E-state index in [4.69, 9.17) is 16.2 Å². The molecule has 7 heteroatoms. The number of rotatable bonds is 3. The average molecular weight is 257 g/mol. The Morgan fingerprint density at radius 3 is 2.67 bits per heavy atom. The van der Waals surface area contributed by atoms with E-state index >= 15 is 0 Å². The van der Waals surface area contributed by atoms with Gasteiger partial charge in [-0.3, -0.25) is 9.59 Å². The first kappa shape index (κ1) is 13.3. The van der Waals surface area contributed by atoms with Crippen LogP contribution in [0.5, 0.6) is 0 Å². The summed E-state index contributed by atoms with van der Waals surface area (Å²) in [7, 11) is 0. The van der Waals surface area contributed by atoms with Crippen molar-refractivity contribution >= 4 is 11.8 Å². The number of hydrogen-bond donors (Lipinski definition) is 3. The van der Waals surface area contributed by atoms with Crippen LogP contribution in [0.2, 0.25) is 0 Å². The van der Waals surface area contributed by atoms with Crippen molar-refractivity contribution in [2.75, 3.05) is 13.1 Å². The Hall–Kier alpha value is -1.18. The molecule has 2 heterocycles. The second-order valence-electron chi connectivity index (χ2n) is 4.86. The number of carbonyl (C=O) groups is 2. The third kappa shape index (κ3) is 2.47. The van der Waals surface area contributed by atoms with Crippen molar-refractivity contribution < 1.29 is 19.4 Å². The summed E-state index contributed by atoms with van der Waals surface area (Å²) < 4.78 is 5.50. The molecule has 0 bridgehead atoms. The standard InChI is InChI=1S/C11H19N3O4/c12-4-7-1-2-9(18-7)11(17)14-5-6(15)3-8(14)10(13)16/h6-9,15H,1-5,12H2,(H2,13,16). The molecule has 0 radical (unpaired) electrons. The number of amides is 2. The Kier molecular flexibility index (Phi) is 3.84. The lowest BCUT2D eigenvalue weighted by molar-refractivity contribution is -0.146. The number of likely N-dealkylation sites (tertiary alicyclic amines) is 1. The number of aliphatic hydroxyl groups excluding tert-OH is 1. The molecule has 2 saturated heterocycles. The summed E-state index contributed by atoms with van der Waals surface area (Å²) in [4.78, 5) is 24.8. The lowest BCUT2D eigenvalue weighted by Crippen LogP contribution is -2.47. The number of carbonyl (C=O) groups excluding carboxylic acids is 2. The lowest BCUT2D eigenvalue weighted by Gasteiger charge is -2.25. The molecule has 0 aromatic carbocycles. The van der Waals surface area contributed by atoms with Crippen molar-refractivity contribution in [1.82, 2.24) is 4.90 Å². The van der Waals surface area contributed by atoms with Crippen LogP contribution in [0.25, 0.3) is 0 Å². The third-order valence-corrected chi connectivity index (χ3v) is 3.54. The van der Waals surface area contributed by atoms with Crippen molar-refractivity contribution in [2.45, 2.75) is 43.6 Å². The van der Waals surface area contributed by atoms with E-state index < -0.39 is 24.2 Å². The highest BCUT2D eigenvalue weighted by molar-refractivity contribution is 5.89. The van der Waals surface area contributed by atoms with Crippen LogP contribution in [0.3, 0.4) is 0 Å². The van der Waals surface area contributed by atoms with Gasteiger partial charge in [-0.05, 0) is 12.8 Å². The predicted molar refractivity (Wildman–Crippen MR) is 62.3 cm³/mol. The van der Waals surface area contributed by atoms with E-state index in [2.05, 4.69) is 0 Å². The quantitative estimate of drug-likeness (QED) is 0.537. The van der Waals surface area contributed by atoms with Crippen LogP contribution in [0.15, 0.2) is 0 Å². The van der Waals surface area contributed by atoms with Crippen LogP contribution in [-0.2, 0) is 14.3 Å². The number of aliphatic hydroxyl groups is 1. The van der Waals surface area contributed by atoms with Crippen LogP contribution in [0.4, 0.5) is 0 Å². The van der Waals surface area contributed by atoms with Gasteiger partial charge in [-0.2, -0.15) is 0 Å². The van der Waals surface area contributed by atoms with E-state index in [1.54, 1.807) is 0 Å². The van der Waals surface area contributed by atoms with Gasteiger partial charge in [0.15, 0.2) is 0 Å². The first-order chi connectivity index (χ1) is 8.52. The number of ether oxygens (including phenoxy) is 1. The van der Waals surface area contributed by atoms with Gasteiger partial charge < -0.3 is 26.2 Å². The van der Waals surface area contributed by atoms with Gasteiger partial charge in [0.25, 0.3) is 5.91 Å². The second kappa shape index (κ2) is 5.21. The fourth-order valence-electron chi connectivity index (χ4n) is 2.57. The molecule has 4 atom stereocenters. The van der Waals surface area contributed by atoms with Crippen LogP contribution < -0.4 is 11.5 Å². The molecule has 2 rings (SSSR count). The van der Waals surface area contributed by atoms with Gasteiger partial charge >= 0.3 is 0 Å².